The maximum atomic E-state index is 8.84. The van der Waals surface area contributed by atoms with Gasteiger partial charge in [-0.2, -0.15) is 0 Å². The number of aliphatic hydroxyl groups excluding tert-OH is 1. The van der Waals surface area contributed by atoms with Gasteiger partial charge < -0.3 is 15.4 Å². The third-order valence-corrected chi connectivity index (χ3v) is 2.77. The molecule has 0 bridgehead atoms. The van der Waals surface area contributed by atoms with Gasteiger partial charge in [0.2, 0.25) is 0 Å². The lowest BCUT2D eigenvalue weighted by Crippen LogP contribution is -2.13. The van der Waals surface area contributed by atoms with Gasteiger partial charge in [0.05, 0.1) is 0 Å². The zero-order valence-corrected chi connectivity index (χ0v) is 9.25. The van der Waals surface area contributed by atoms with Gasteiger partial charge in [-0.3, -0.25) is 0 Å². The number of nitrogens with two attached hydrogens (primary N) is 1. The number of aryl methyl sites for hydroxylation is 1. The average molecular weight is 196 g/mol. The van der Waals surface area contributed by atoms with Crippen LogP contribution in [0.2, 0.25) is 0 Å². The smallest absolute Gasteiger partial charge is 0.0449 e. The summed E-state index contributed by atoms with van der Waals surface area (Å²) in [6.45, 7) is 7.43. The van der Waals surface area contributed by atoms with Crippen LogP contribution < -0.4 is 5.73 Å². The van der Waals surface area contributed by atoms with E-state index in [9.17, 15) is 0 Å². The molecule has 3 heteroatoms. The zero-order chi connectivity index (χ0) is 10.7. The summed E-state index contributed by atoms with van der Waals surface area (Å²) in [5.74, 6) is 0. The molecular formula is C11H20N2O. The van der Waals surface area contributed by atoms with Crippen LogP contribution in [-0.4, -0.2) is 16.3 Å². The predicted octanol–water partition coefficient (Wildman–Crippen LogP) is 1.51. The minimum atomic E-state index is -0.0356. The number of aromatic nitrogens is 1. The molecular weight excluding hydrogens is 176 g/mol. The summed E-state index contributed by atoms with van der Waals surface area (Å²) in [6.07, 6.45) is 0.633. The van der Waals surface area contributed by atoms with Gasteiger partial charge in [-0.15, -0.1) is 0 Å². The van der Waals surface area contributed by atoms with Crippen LogP contribution in [0.15, 0.2) is 6.07 Å². The topological polar surface area (TPSA) is 51.2 Å². The Kier molecular flexibility index (Phi) is 3.72. The Morgan fingerprint density at radius 3 is 2.57 bits per heavy atom. The standard InChI is InChI=1S/C11H20N2O/c1-4-13-8(2)7-10(9(13)3)11(12)5-6-14/h7,11,14H,4-6,12H2,1-3H3/t11-/m1/s1. The van der Waals surface area contributed by atoms with Gasteiger partial charge in [0, 0.05) is 30.6 Å². The zero-order valence-electron chi connectivity index (χ0n) is 9.25. The average Bonchev–Trinajstić information content (AvgIpc) is 2.42. The molecule has 0 fully saturated rings. The number of hydrogen-bond donors (Lipinski definition) is 2. The molecule has 0 spiro atoms. The van der Waals surface area contributed by atoms with Crippen LogP contribution in [0.3, 0.4) is 0 Å². The maximum absolute atomic E-state index is 8.84. The Morgan fingerprint density at radius 1 is 1.50 bits per heavy atom. The van der Waals surface area contributed by atoms with Crippen LogP contribution in [0.5, 0.6) is 0 Å². The second kappa shape index (κ2) is 4.62. The Labute approximate surface area is 85.5 Å². The highest BCUT2D eigenvalue weighted by atomic mass is 16.3. The van der Waals surface area contributed by atoms with E-state index < -0.39 is 0 Å². The minimum Gasteiger partial charge on any atom is -0.396 e. The molecule has 0 aromatic carbocycles. The summed E-state index contributed by atoms with van der Waals surface area (Å²) < 4.78 is 2.24. The molecule has 0 saturated carbocycles. The van der Waals surface area contributed by atoms with E-state index in [2.05, 4.69) is 31.4 Å². The maximum Gasteiger partial charge on any atom is 0.0449 e. The van der Waals surface area contributed by atoms with Crippen molar-refractivity contribution in [3.63, 3.8) is 0 Å². The van der Waals surface area contributed by atoms with Gasteiger partial charge in [-0.25, -0.2) is 0 Å². The van der Waals surface area contributed by atoms with Crippen molar-refractivity contribution in [2.75, 3.05) is 6.61 Å². The van der Waals surface area contributed by atoms with E-state index in [0.29, 0.717) is 6.42 Å². The van der Waals surface area contributed by atoms with E-state index >= 15 is 0 Å². The third-order valence-electron chi connectivity index (χ3n) is 2.77. The van der Waals surface area contributed by atoms with Gasteiger partial charge in [0.1, 0.15) is 0 Å². The Balaban J connectivity index is 2.98. The van der Waals surface area contributed by atoms with E-state index in [1.165, 1.54) is 17.0 Å². The molecule has 0 saturated heterocycles. The molecule has 0 aliphatic carbocycles. The van der Waals surface area contributed by atoms with Crippen molar-refractivity contribution < 1.29 is 5.11 Å². The first-order valence-electron chi connectivity index (χ1n) is 5.14. The predicted molar refractivity (Wildman–Crippen MR) is 58.2 cm³/mol. The molecule has 1 aromatic heterocycles. The van der Waals surface area contributed by atoms with E-state index in [1.807, 2.05) is 0 Å². The van der Waals surface area contributed by atoms with Crippen molar-refractivity contribution in [1.82, 2.24) is 4.57 Å². The van der Waals surface area contributed by atoms with E-state index in [4.69, 9.17) is 10.8 Å². The third kappa shape index (κ3) is 1.99. The van der Waals surface area contributed by atoms with Crippen molar-refractivity contribution in [2.45, 2.75) is 39.8 Å². The highest BCUT2D eigenvalue weighted by Gasteiger charge is 2.13. The summed E-state index contributed by atoms with van der Waals surface area (Å²) in [5.41, 5.74) is 9.61. The first-order chi connectivity index (χ1) is 6.61. The molecule has 0 aliphatic heterocycles. The second-order valence-electron chi connectivity index (χ2n) is 3.69. The molecule has 0 amide bonds. The lowest BCUT2D eigenvalue weighted by Gasteiger charge is -2.11. The largest absolute Gasteiger partial charge is 0.396 e. The van der Waals surface area contributed by atoms with Crippen LogP contribution in [-0.2, 0) is 6.54 Å². The fourth-order valence-corrected chi connectivity index (χ4v) is 1.98. The quantitative estimate of drug-likeness (QED) is 0.767. The first-order valence-corrected chi connectivity index (χ1v) is 5.14. The number of hydrogen-bond acceptors (Lipinski definition) is 2. The molecule has 1 heterocycles. The van der Waals surface area contributed by atoms with E-state index in [-0.39, 0.29) is 12.6 Å². The normalized spacial score (nSPS) is 13.2. The summed E-state index contributed by atoms with van der Waals surface area (Å²) >= 11 is 0. The summed E-state index contributed by atoms with van der Waals surface area (Å²) in [6, 6.07) is 2.09. The van der Waals surface area contributed by atoms with Crippen molar-refractivity contribution in [1.29, 1.82) is 0 Å². The van der Waals surface area contributed by atoms with E-state index in [0.717, 1.165) is 6.54 Å². The number of aliphatic hydroxyl groups is 1. The lowest BCUT2D eigenvalue weighted by molar-refractivity contribution is 0.276. The van der Waals surface area contributed by atoms with Gasteiger partial charge in [-0.05, 0) is 38.8 Å². The summed E-state index contributed by atoms with van der Waals surface area (Å²) in [4.78, 5) is 0. The minimum absolute atomic E-state index is 0.0356. The van der Waals surface area contributed by atoms with Gasteiger partial charge in [0.15, 0.2) is 0 Å². The SMILES string of the molecule is CCn1c(C)cc([C@H](N)CCO)c1C. The Bertz CT molecular complexity index is 304. The summed E-state index contributed by atoms with van der Waals surface area (Å²) in [7, 11) is 0. The van der Waals surface area contributed by atoms with Crippen LogP contribution in [0.4, 0.5) is 0 Å². The van der Waals surface area contributed by atoms with Crippen LogP contribution in [0, 0.1) is 13.8 Å². The van der Waals surface area contributed by atoms with Crippen molar-refractivity contribution in [3.05, 3.63) is 23.0 Å². The molecule has 1 atom stereocenters. The monoisotopic (exact) mass is 196 g/mol. The molecule has 1 rings (SSSR count). The fraction of sp³-hybridized carbons (Fsp3) is 0.636. The van der Waals surface area contributed by atoms with Crippen molar-refractivity contribution in [3.8, 4) is 0 Å². The molecule has 3 N–H and O–H groups in total. The number of rotatable bonds is 4. The lowest BCUT2D eigenvalue weighted by atomic mass is 10.1. The molecule has 0 unspecified atom stereocenters. The van der Waals surface area contributed by atoms with E-state index in [1.54, 1.807) is 0 Å². The Morgan fingerprint density at radius 2 is 2.14 bits per heavy atom. The van der Waals surface area contributed by atoms with Crippen molar-refractivity contribution in [2.24, 2.45) is 5.73 Å². The molecule has 0 radical (unpaired) electrons. The molecule has 3 nitrogen and oxygen atoms in total. The van der Waals surface area contributed by atoms with Gasteiger partial charge >= 0.3 is 0 Å². The second-order valence-corrected chi connectivity index (χ2v) is 3.69. The van der Waals surface area contributed by atoms with Crippen LogP contribution in [0.1, 0.15) is 36.3 Å². The first kappa shape index (κ1) is 11.3. The highest BCUT2D eigenvalue weighted by molar-refractivity contribution is 5.29. The molecule has 14 heavy (non-hydrogen) atoms. The fourth-order valence-electron chi connectivity index (χ4n) is 1.98. The highest BCUT2D eigenvalue weighted by Crippen LogP contribution is 2.22. The van der Waals surface area contributed by atoms with Crippen LogP contribution in [0.25, 0.3) is 0 Å². The van der Waals surface area contributed by atoms with Gasteiger partial charge in [-0.1, -0.05) is 0 Å². The molecule has 0 aliphatic rings. The molecule has 80 valence electrons. The van der Waals surface area contributed by atoms with Crippen molar-refractivity contribution >= 4 is 0 Å². The number of nitrogens with zero attached hydrogens (tertiary/aromatic N) is 1. The Hall–Kier alpha value is -0.800. The van der Waals surface area contributed by atoms with Gasteiger partial charge in [0.25, 0.3) is 0 Å². The molecule has 1 aromatic rings. The summed E-state index contributed by atoms with van der Waals surface area (Å²) in [5, 5.41) is 8.84. The van der Waals surface area contributed by atoms with Crippen LogP contribution >= 0.6 is 0 Å².